The number of carbonyl (C=O) groups is 1. The molecule has 2 nitrogen and oxygen atoms in total. The van der Waals surface area contributed by atoms with Crippen LogP contribution in [-0.4, -0.2) is 11.9 Å². The summed E-state index contributed by atoms with van der Waals surface area (Å²) in [7, 11) is 0. The number of hydrogen-bond acceptors (Lipinski definition) is 1. The van der Waals surface area contributed by atoms with Crippen LogP contribution in [0.5, 0.6) is 0 Å². The van der Waals surface area contributed by atoms with E-state index in [0.29, 0.717) is 31.4 Å². The molecule has 116 valence electrons. The van der Waals surface area contributed by atoms with Crippen molar-refractivity contribution in [3.8, 4) is 0 Å². The molecule has 1 aromatic rings. The van der Waals surface area contributed by atoms with Gasteiger partial charge in [0.25, 0.3) is 0 Å². The van der Waals surface area contributed by atoms with Gasteiger partial charge in [0.15, 0.2) is 0 Å². The molecule has 8 heteroatoms. The van der Waals surface area contributed by atoms with Gasteiger partial charge in [0.1, 0.15) is 0 Å². The summed E-state index contributed by atoms with van der Waals surface area (Å²) in [5.41, 5.74) is -3.48. The number of carbonyl (C=O) groups excluding carboxylic acids is 1. The van der Waals surface area contributed by atoms with Crippen molar-refractivity contribution in [1.29, 1.82) is 0 Å². The van der Waals surface area contributed by atoms with Crippen LogP contribution in [0.25, 0.3) is 0 Å². The fraction of sp³-hybridized carbons (Fsp3) is 0.462. The lowest BCUT2D eigenvalue weighted by Gasteiger charge is -2.18. The number of amides is 1. The molecule has 0 bridgehead atoms. The molecule has 0 atom stereocenters. The number of nitrogens with one attached hydrogen (secondary N) is 1. The molecule has 2 rings (SSSR count). The Hall–Kier alpha value is -1.73. The van der Waals surface area contributed by atoms with E-state index in [0.717, 1.165) is 0 Å². The van der Waals surface area contributed by atoms with E-state index in [4.69, 9.17) is 0 Å². The smallest absolute Gasteiger partial charge is 0.353 e. The quantitative estimate of drug-likeness (QED) is 0.669. The molecule has 1 fully saturated rings. The van der Waals surface area contributed by atoms with Crippen LogP contribution in [0.1, 0.15) is 29.5 Å². The molecule has 1 aromatic carbocycles. The summed E-state index contributed by atoms with van der Waals surface area (Å²) in [6.45, 7) is 0. The maximum absolute atomic E-state index is 12.7. The van der Waals surface area contributed by atoms with Crippen molar-refractivity contribution in [2.75, 3.05) is 0 Å². The van der Waals surface area contributed by atoms with Crippen molar-refractivity contribution in [1.82, 2.24) is 5.32 Å². The van der Waals surface area contributed by atoms with E-state index in [1.807, 2.05) is 0 Å². The van der Waals surface area contributed by atoms with Crippen molar-refractivity contribution in [3.63, 3.8) is 0 Å². The summed E-state index contributed by atoms with van der Waals surface area (Å²) in [6, 6.07) is 1.49. The Balaban J connectivity index is 2.39. The van der Waals surface area contributed by atoms with Crippen molar-refractivity contribution in [2.45, 2.75) is 37.2 Å². The zero-order chi connectivity index (χ0) is 15.9. The Morgan fingerprint density at radius 2 is 1.48 bits per heavy atom. The third kappa shape index (κ3) is 3.68. The molecule has 0 saturated heterocycles. The Morgan fingerprint density at radius 3 is 1.81 bits per heavy atom. The molecule has 0 radical (unpaired) electrons. The average molecular weight is 311 g/mol. The van der Waals surface area contributed by atoms with E-state index in [1.54, 1.807) is 0 Å². The third-order valence-corrected chi connectivity index (χ3v) is 3.41. The van der Waals surface area contributed by atoms with Gasteiger partial charge in [-0.25, -0.2) is 0 Å². The summed E-state index contributed by atoms with van der Waals surface area (Å²) < 4.78 is 76.2. The molecule has 0 spiro atoms. The van der Waals surface area contributed by atoms with Gasteiger partial charge in [-0.1, -0.05) is 0 Å². The Morgan fingerprint density at radius 1 is 1.00 bits per heavy atom. The Labute approximate surface area is 116 Å². The molecule has 0 heterocycles. The number of halogens is 6. The Kier molecular flexibility index (Phi) is 3.67. The highest BCUT2D eigenvalue weighted by molar-refractivity contribution is 5.50. The SMILES string of the molecule is O=CNC1(Cc2cc(C(F)(F)F)cc(C(F)(F)F)c2)CC1. The van der Waals surface area contributed by atoms with Crippen molar-refractivity contribution in [3.05, 3.63) is 34.9 Å². The van der Waals surface area contributed by atoms with Gasteiger partial charge in [-0.05, 0) is 43.0 Å². The zero-order valence-electron chi connectivity index (χ0n) is 10.6. The van der Waals surface area contributed by atoms with Crippen molar-refractivity contribution in [2.24, 2.45) is 0 Å². The van der Waals surface area contributed by atoms with Crippen molar-refractivity contribution < 1.29 is 31.1 Å². The Bertz CT molecular complexity index is 512. The van der Waals surface area contributed by atoms with Crippen LogP contribution < -0.4 is 5.32 Å². The average Bonchev–Trinajstić information content (AvgIpc) is 3.06. The summed E-state index contributed by atoms with van der Waals surface area (Å²) in [6.07, 6.45) is -8.30. The number of hydrogen-bond donors (Lipinski definition) is 1. The van der Waals surface area contributed by atoms with Gasteiger partial charge < -0.3 is 5.32 Å². The molecule has 1 aliphatic carbocycles. The molecule has 0 unspecified atom stereocenters. The minimum Gasteiger partial charge on any atom is -0.353 e. The first kappa shape index (κ1) is 15.7. The highest BCUT2D eigenvalue weighted by Crippen LogP contribution is 2.41. The normalized spacial score (nSPS) is 17.4. The second-order valence-corrected chi connectivity index (χ2v) is 5.13. The lowest BCUT2D eigenvalue weighted by atomic mass is 9.98. The van der Waals surface area contributed by atoms with Crippen LogP contribution in [0.2, 0.25) is 0 Å². The summed E-state index contributed by atoms with van der Waals surface area (Å²) in [5, 5.41) is 2.45. The fourth-order valence-electron chi connectivity index (χ4n) is 2.16. The van der Waals surface area contributed by atoms with Gasteiger partial charge in [-0.2, -0.15) is 26.3 Å². The van der Waals surface area contributed by atoms with Crippen LogP contribution in [0, 0.1) is 0 Å². The van der Waals surface area contributed by atoms with Crippen LogP contribution in [0.4, 0.5) is 26.3 Å². The maximum atomic E-state index is 12.7. The predicted octanol–water partition coefficient (Wildman–Crippen LogP) is 3.55. The standard InChI is InChI=1S/C13H11F6NO/c14-12(15,16)9-3-8(4-10(5-9)13(17,18)19)6-11(1-2-11)20-7-21/h3-5,7H,1-2,6H2,(H,20,21). The van der Waals surface area contributed by atoms with E-state index in [9.17, 15) is 31.1 Å². The highest BCUT2D eigenvalue weighted by Gasteiger charge is 2.43. The molecule has 21 heavy (non-hydrogen) atoms. The summed E-state index contributed by atoms with van der Waals surface area (Å²) >= 11 is 0. The predicted molar refractivity (Wildman–Crippen MR) is 61.3 cm³/mol. The monoisotopic (exact) mass is 311 g/mol. The van der Waals surface area contributed by atoms with Crippen LogP contribution in [-0.2, 0) is 23.6 Å². The second-order valence-electron chi connectivity index (χ2n) is 5.13. The molecular formula is C13H11F6NO. The van der Waals surface area contributed by atoms with Gasteiger partial charge in [-0.3, -0.25) is 4.79 Å². The lowest BCUT2D eigenvalue weighted by Crippen LogP contribution is -2.32. The second kappa shape index (κ2) is 4.92. The van der Waals surface area contributed by atoms with Gasteiger partial charge in [-0.15, -0.1) is 0 Å². The van der Waals surface area contributed by atoms with E-state index < -0.39 is 29.0 Å². The number of benzene rings is 1. The number of alkyl halides is 6. The van der Waals surface area contributed by atoms with Gasteiger partial charge in [0.05, 0.1) is 11.1 Å². The fourth-order valence-corrected chi connectivity index (χ4v) is 2.16. The van der Waals surface area contributed by atoms with Crippen LogP contribution >= 0.6 is 0 Å². The minimum atomic E-state index is -4.86. The largest absolute Gasteiger partial charge is 0.416 e. The van der Waals surface area contributed by atoms with E-state index in [2.05, 4.69) is 5.32 Å². The summed E-state index contributed by atoms with van der Waals surface area (Å²) in [4.78, 5) is 10.4. The summed E-state index contributed by atoms with van der Waals surface area (Å²) in [5.74, 6) is 0. The number of rotatable bonds is 4. The van der Waals surface area contributed by atoms with Crippen molar-refractivity contribution >= 4 is 6.41 Å². The zero-order valence-corrected chi connectivity index (χ0v) is 10.6. The molecule has 0 aliphatic heterocycles. The molecule has 1 amide bonds. The molecular weight excluding hydrogens is 300 g/mol. The van der Waals surface area contributed by atoms with Gasteiger partial charge in [0.2, 0.25) is 6.41 Å². The van der Waals surface area contributed by atoms with Gasteiger partial charge in [0, 0.05) is 5.54 Å². The van der Waals surface area contributed by atoms with E-state index in [-0.39, 0.29) is 18.1 Å². The first-order chi connectivity index (χ1) is 9.56. The van der Waals surface area contributed by atoms with Crippen LogP contribution in [0.3, 0.4) is 0 Å². The molecule has 1 saturated carbocycles. The van der Waals surface area contributed by atoms with E-state index in [1.165, 1.54) is 0 Å². The minimum absolute atomic E-state index is 0.0568. The van der Waals surface area contributed by atoms with Gasteiger partial charge >= 0.3 is 12.4 Å². The molecule has 0 aromatic heterocycles. The third-order valence-electron chi connectivity index (χ3n) is 3.41. The topological polar surface area (TPSA) is 29.1 Å². The molecule has 1 aliphatic rings. The maximum Gasteiger partial charge on any atom is 0.416 e. The lowest BCUT2D eigenvalue weighted by molar-refractivity contribution is -0.143. The van der Waals surface area contributed by atoms with Crippen LogP contribution in [0.15, 0.2) is 18.2 Å². The first-order valence-electron chi connectivity index (χ1n) is 6.05. The van der Waals surface area contributed by atoms with E-state index >= 15 is 0 Å². The first-order valence-corrected chi connectivity index (χ1v) is 6.05. The molecule has 1 N–H and O–H groups in total. The highest BCUT2D eigenvalue weighted by atomic mass is 19.4.